The van der Waals surface area contributed by atoms with E-state index in [1.807, 2.05) is 20.8 Å². The molecule has 0 aromatic rings. The lowest BCUT2D eigenvalue weighted by Crippen LogP contribution is -2.47. The molecule has 4 aliphatic heterocycles. The number of allylic oxidation sites excluding steroid dienone is 2. The monoisotopic (exact) mass is 494 g/mol. The van der Waals surface area contributed by atoms with Crippen LogP contribution >= 0.6 is 0 Å². The van der Waals surface area contributed by atoms with Crippen LogP contribution in [0, 0.1) is 0 Å². The van der Waals surface area contributed by atoms with E-state index >= 15 is 0 Å². The SMILES string of the molecule is CC1(C)OC1CC/C=C\CC[C@](C)(O)[C@H]1CC[C@H]([C@@]2(C)CC[C@@H]([C@@]3(C)CC[C@@H](C(C)(C)O)O3)O2)O1. The van der Waals surface area contributed by atoms with E-state index in [4.69, 9.17) is 18.9 Å². The number of rotatable bonds is 10. The molecule has 8 atom stereocenters. The van der Waals surface area contributed by atoms with E-state index in [-0.39, 0.29) is 41.2 Å². The highest BCUT2D eigenvalue weighted by Crippen LogP contribution is 2.48. The molecule has 4 fully saturated rings. The Labute approximate surface area is 212 Å². The van der Waals surface area contributed by atoms with Crippen molar-refractivity contribution in [1.82, 2.24) is 0 Å². The summed E-state index contributed by atoms with van der Waals surface area (Å²) < 4.78 is 25.1. The first kappa shape index (κ1) is 27.5. The van der Waals surface area contributed by atoms with Crippen molar-refractivity contribution in [2.75, 3.05) is 0 Å². The molecule has 0 aromatic carbocycles. The maximum atomic E-state index is 11.2. The first-order chi connectivity index (χ1) is 16.1. The maximum absolute atomic E-state index is 11.2. The van der Waals surface area contributed by atoms with E-state index in [1.54, 1.807) is 0 Å². The summed E-state index contributed by atoms with van der Waals surface area (Å²) in [5, 5.41) is 21.6. The fourth-order valence-corrected chi connectivity index (χ4v) is 6.43. The van der Waals surface area contributed by atoms with Crippen LogP contribution in [0.2, 0.25) is 0 Å². The zero-order valence-electron chi connectivity index (χ0n) is 23.1. The Hall–Kier alpha value is -0.500. The number of hydrogen-bond donors (Lipinski definition) is 2. The predicted molar refractivity (Wildman–Crippen MR) is 136 cm³/mol. The molecule has 4 saturated heterocycles. The Morgan fingerprint density at radius 2 is 1.40 bits per heavy atom. The smallest absolute Gasteiger partial charge is 0.0921 e. The van der Waals surface area contributed by atoms with Gasteiger partial charge < -0.3 is 29.2 Å². The summed E-state index contributed by atoms with van der Waals surface area (Å²) in [5.74, 6) is 0. The van der Waals surface area contributed by atoms with Crippen molar-refractivity contribution in [3.63, 3.8) is 0 Å². The van der Waals surface area contributed by atoms with Crippen molar-refractivity contribution < 1.29 is 29.2 Å². The van der Waals surface area contributed by atoms with E-state index in [1.165, 1.54) is 0 Å². The van der Waals surface area contributed by atoms with Crippen molar-refractivity contribution in [2.24, 2.45) is 0 Å². The Morgan fingerprint density at radius 3 is 2.03 bits per heavy atom. The van der Waals surface area contributed by atoms with Gasteiger partial charge in [-0.2, -0.15) is 0 Å². The molecule has 6 nitrogen and oxygen atoms in total. The molecular formula is C29H50O6. The third-order valence-corrected chi connectivity index (χ3v) is 9.24. The van der Waals surface area contributed by atoms with Gasteiger partial charge in [0.15, 0.2) is 0 Å². The lowest BCUT2D eigenvalue weighted by Gasteiger charge is -2.38. The Balaban J connectivity index is 1.23. The molecule has 0 aliphatic carbocycles. The van der Waals surface area contributed by atoms with Crippen LogP contribution in [0.1, 0.15) is 113 Å². The third-order valence-electron chi connectivity index (χ3n) is 9.24. The maximum Gasteiger partial charge on any atom is 0.0921 e. The molecule has 35 heavy (non-hydrogen) atoms. The minimum atomic E-state index is -0.852. The highest BCUT2D eigenvalue weighted by molar-refractivity contribution is 5.05. The van der Waals surface area contributed by atoms with Crippen LogP contribution in [-0.4, -0.2) is 68.7 Å². The van der Waals surface area contributed by atoms with Gasteiger partial charge >= 0.3 is 0 Å². The van der Waals surface area contributed by atoms with Crippen LogP contribution in [-0.2, 0) is 18.9 Å². The van der Waals surface area contributed by atoms with Gasteiger partial charge in [0.2, 0.25) is 0 Å². The fraction of sp³-hybridized carbons (Fsp3) is 0.931. The predicted octanol–water partition coefficient (Wildman–Crippen LogP) is 5.23. The second-order valence-electron chi connectivity index (χ2n) is 13.4. The topological polar surface area (TPSA) is 80.7 Å². The number of ether oxygens (including phenoxy) is 4. The van der Waals surface area contributed by atoms with Crippen LogP contribution < -0.4 is 0 Å². The molecular weight excluding hydrogens is 444 g/mol. The first-order valence-electron chi connectivity index (χ1n) is 13.9. The van der Waals surface area contributed by atoms with Gasteiger partial charge in [0.25, 0.3) is 0 Å². The molecule has 6 heteroatoms. The minimum Gasteiger partial charge on any atom is -0.388 e. The highest BCUT2D eigenvalue weighted by Gasteiger charge is 2.55. The van der Waals surface area contributed by atoms with E-state index in [2.05, 4.69) is 39.8 Å². The fourth-order valence-electron chi connectivity index (χ4n) is 6.43. The van der Waals surface area contributed by atoms with Crippen LogP contribution in [0.3, 0.4) is 0 Å². The van der Waals surface area contributed by atoms with Crippen molar-refractivity contribution >= 4 is 0 Å². The molecule has 0 amide bonds. The second kappa shape index (κ2) is 9.67. The molecule has 202 valence electrons. The zero-order chi connectivity index (χ0) is 25.7. The average Bonchev–Trinajstić information content (AvgIpc) is 3.25. The van der Waals surface area contributed by atoms with E-state index < -0.39 is 11.2 Å². The Bertz CT molecular complexity index is 770. The Kier molecular flexibility index (Phi) is 7.60. The number of aliphatic hydroxyl groups is 2. The van der Waals surface area contributed by atoms with Gasteiger partial charge in [-0.25, -0.2) is 0 Å². The lowest BCUT2D eigenvalue weighted by atomic mass is 9.89. The molecule has 0 radical (unpaired) electrons. The zero-order valence-corrected chi connectivity index (χ0v) is 23.1. The molecule has 0 bridgehead atoms. The summed E-state index contributed by atoms with van der Waals surface area (Å²) in [6.07, 6.45) is 13.4. The van der Waals surface area contributed by atoms with Gasteiger partial charge in [-0.05, 0) is 113 Å². The molecule has 0 spiro atoms. The largest absolute Gasteiger partial charge is 0.388 e. The minimum absolute atomic E-state index is 0.000221. The third kappa shape index (κ3) is 6.15. The van der Waals surface area contributed by atoms with Crippen LogP contribution in [0.15, 0.2) is 12.2 Å². The second-order valence-corrected chi connectivity index (χ2v) is 13.4. The van der Waals surface area contributed by atoms with Crippen molar-refractivity contribution in [2.45, 2.75) is 171 Å². The molecule has 4 heterocycles. The quantitative estimate of drug-likeness (QED) is 0.320. The van der Waals surface area contributed by atoms with Gasteiger partial charge in [-0.15, -0.1) is 0 Å². The standard InChI is InChI=1S/C29H50O6/c1-25(2,30)20-15-18-29(7,34-20)24-16-19-28(6,35-24)23-14-13-22(32-23)27(5,31)17-11-9-8-10-12-21-26(3,4)33-21/h8-9,20-24,30-31H,10-19H2,1-7H3/b9-8-/t20-,21?,22+,23+,24-,27-,28+,29+/m0/s1. The summed E-state index contributed by atoms with van der Waals surface area (Å²) in [6, 6.07) is 0. The Morgan fingerprint density at radius 1 is 0.771 bits per heavy atom. The molecule has 1 unspecified atom stereocenters. The molecule has 4 rings (SSSR count). The lowest BCUT2D eigenvalue weighted by molar-refractivity contribution is -0.201. The van der Waals surface area contributed by atoms with Gasteiger partial charge in [0.05, 0.1) is 58.5 Å². The van der Waals surface area contributed by atoms with E-state index in [9.17, 15) is 10.2 Å². The molecule has 0 aromatic heterocycles. The van der Waals surface area contributed by atoms with Crippen molar-refractivity contribution in [1.29, 1.82) is 0 Å². The van der Waals surface area contributed by atoms with Crippen LogP contribution in [0.5, 0.6) is 0 Å². The van der Waals surface area contributed by atoms with E-state index in [0.29, 0.717) is 12.5 Å². The van der Waals surface area contributed by atoms with E-state index in [0.717, 1.165) is 57.8 Å². The summed E-state index contributed by atoms with van der Waals surface area (Å²) in [4.78, 5) is 0. The molecule has 2 N–H and O–H groups in total. The van der Waals surface area contributed by atoms with Gasteiger partial charge in [0, 0.05) is 0 Å². The highest BCUT2D eigenvalue weighted by atomic mass is 16.6. The summed E-state index contributed by atoms with van der Waals surface area (Å²) in [7, 11) is 0. The molecule has 0 saturated carbocycles. The average molecular weight is 495 g/mol. The molecule has 4 aliphatic rings. The van der Waals surface area contributed by atoms with Gasteiger partial charge in [0.1, 0.15) is 0 Å². The van der Waals surface area contributed by atoms with Gasteiger partial charge in [-0.1, -0.05) is 12.2 Å². The summed E-state index contributed by atoms with van der Waals surface area (Å²) in [6.45, 7) is 14.1. The summed E-state index contributed by atoms with van der Waals surface area (Å²) in [5.41, 5.74) is -2.37. The van der Waals surface area contributed by atoms with Crippen LogP contribution in [0.4, 0.5) is 0 Å². The normalized spacial score (nSPS) is 43.2. The number of hydrogen-bond acceptors (Lipinski definition) is 6. The summed E-state index contributed by atoms with van der Waals surface area (Å²) >= 11 is 0. The van der Waals surface area contributed by atoms with Crippen molar-refractivity contribution in [3.05, 3.63) is 12.2 Å². The number of epoxide rings is 1. The van der Waals surface area contributed by atoms with Crippen LogP contribution in [0.25, 0.3) is 0 Å². The van der Waals surface area contributed by atoms with Gasteiger partial charge in [-0.3, -0.25) is 0 Å². The first-order valence-corrected chi connectivity index (χ1v) is 13.9. The van der Waals surface area contributed by atoms with Crippen molar-refractivity contribution in [3.8, 4) is 0 Å².